The van der Waals surface area contributed by atoms with Gasteiger partial charge in [0, 0.05) is 12.8 Å². The first-order valence-electron chi connectivity index (χ1n) is 6.25. The van der Waals surface area contributed by atoms with Crippen molar-refractivity contribution in [2.24, 2.45) is 0 Å². The number of hydrogen-bond donors (Lipinski definition) is 0. The van der Waals surface area contributed by atoms with Gasteiger partial charge in [-0.1, -0.05) is 0 Å². The lowest BCUT2D eigenvalue weighted by Gasteiger charge is -2.24. The normalized spacial score (nSPS) is 30.1. The molecule has 0 aromatic rings. The highest BCUT2D eigenvalue weighted by Crippen LogP contribution is 2.12. The molecule has 0 bridgehead atoms. The third-order valence-corrected chi connectivity index (χ3v) is 2.97. The van der Waals surface area contributed by atoms with Gasteiger partial charge in [-0.05, 0) is 6.42 Å². The zero-order valence-electron chi connectivity index (χ0n) is 10.1. The van der Waals surface area contributed by atoms with Crippen LogP contribution in [0.15, 0.2) is 0 Å². The van der Waals surface area contributed by atoms with Crippen molar-refractivity contribution in [1.82, 2.24) is 0 Å². The number of hydrogen-bond acceptors (Lipinski definition) is 5. The molecule has 2 aliphatic rings. The molecule has 2 saturated heterocycles. The van der Waals surface area contributed by atoms with Gasteiger partial charge in [-0.25, -0.2) is 0 Å². The Kier molecular flexibility index (Phi) is 5.38. The Hall–Kier alpha value is -0.490. The first-order chi connectivity index (χ1) is 8.34. The van der Waals surface area contributed by atoms with Crippen molar-refractivity contribution in [3.8, 4) is 0 Å². The molecule has 0 aliphatic carbocycles. The minimum atomic E-state index is -0.0558. The molecule has 5 heteroatoms. The van der Waals surface area contributed by atoms with E-state index in [2.05, 4.69) is 0 Å². The van der Waals surface area contributed by atoms with Gasteiger partial charge in [0.15, 0.2) is 0 Å². The fraction of sp³-hybridized carbons (Fsp3) is 0.917. The van der Waals surface area contributed by atoms with Crippen LogP contribution in [0.2, 0.25) is 0 Å². The quantitative estimate of drug-likeness (QED) is 0.707. The highest BCUT2D eigenvalue weighted by molar-refractivity contribution is 5.78. The van der Waals surface area contributed by atoms with Gasteiger partial charge in [-0.2, -0.15) is 0 Å². The van der Waals surface area contributed by atoms with Crippen molar-refractivity contribution in [1.29, 1.82) is 0 Å². The van der Waals surface area contributed by atoms with Gasteiger partial charge in [0.05, 0.1) is 51.8 Å². The Morgan fingerprint density at radius 3 is 2.18 bits per heavy atom. The first kappa shape index (κ1) is 13.0. The average molecular weight is 244 g/mol. The fourth-order valence-corrected chi connectivity index (χ4v) is 2.04. The Bertz CT molecular complexity index is 231. The van der Waals surface area contributed by atoms with E-state index in [0.717, 1.165) is 6.42 Å². The molecule has 0 spiro atoms. The summed E-state index contributed by atoms with van der Waals surface area (Å²) in [6.07, 6.45) is 1.75. The lowest BCUT2D eigenvalue weighted by Crippen LogP contribution is -2.32. The van der Waals surface area contributed by atoms with E-state index in [0.29, 0.717) is 52.5 Å². The van der Waals surface area contributed by atoms with Crippen molar-refractivity contribution in [2.45, 2.75) is 31.5 Å². The van der Waals surface area contributed by atoms with Crippen LogP contribution < -0.4 is 0 Å². The molecule has 2 atom stereocenters. The Labute approximate surface area is 101 Å². The molecule has 2 fully saturated rings. The topological polar surface area (TPSA) is 54.0 Å². The maximum Gasteiger partial charge on any atom is 0.135 e. The van der Waals surface area contributed by atoms with E-state index in [1.165, 1.54) is 0 Å². The second kappa shape index (κ2) is 7.06. The van der Waals surface area contributed by atoms with Crippen LogP contribution in [0.4, 0.5) is 0 Å². The zero-order valence-corrected chi connectivity index (χ0v) is 10.1. The molecule has 0 radical (unpaired) electrons. The molecule has 0 aromatic heterocycles. The molecule has 0 amide bonds. The van der Waals surface area contributed by atoms with Gasteiger partial charge in [-0.15, -0.1) is 0 Å². The summed E-state index contributed by atoms with van der Waals surface area (Å²) in [7, 11) is 0. The maximum atomic E-state index is 11.7. The van der Waals surface area contributed by atoms with Crippen molar-refractivity contribution >= 4 is 5.78 Å². The summed E-state index contributed by atoms with van der Waals surface area (Å²) >= 11 is 0. The van der Waals surface area contributed by atoms with Crippen LogP contribution in [0.25, 0.3) is 0 Å². The van der Waals surface area contributed by atoms with Crippen LogP contribution in [0, 0.1) is 0 Å². The largest absolute Gasteiger partial charge is 0.376 e. The standard InChI is InChI=1S/C12H20O5/c13-10(7-12-9-15-4-6-17-12)1-2-11-8-14-3-5-16-11/h11-12H,1-9H2/t11-,12-/m1/s1. The molecular formula is C12H20O5. The number of Topliss-reactive ketones (excluding diaryl/α,β-unsaturated/α-hetero) is 1. The van der Waals surface area contributed by atoms with E-state index >= 15 is 0 Å². The van der Waals surface area contributed by atoms with Crippen LogP contribution in [0.3, 0.4) is 0 Å². The number of ether oxygens (including phenoxy) is 4. The summed E-state index contributed by atoms with van der Waals surface area (Å²) in [4.78, 5) is 11.7. The minimum absolute atomic E-state index is 0.0558. The Balaban J connectivity index is 1.59. The molecule has 5 nitrogen and oxygen atoms in total. The third-order valence-electron chi connectivity index (χ3n) is 2.97. The Morgan fingerprint density at radius 2 is 1.59 bits per heavy atom. The summed E-state index contributed by atoms with van der Waals surface area (Å²) in [6.45, 7) is 3.68. The number of ketones is 1. The van der Waals surface area contributed by atoms with Crippen LogP contribution in [-0.4, -0.2) is 57.6 Å². The molecule has 0 aromatic carbocycles. The van der Waals surface area contributed by atoms with Crippen molar-refractivity contribution in [3.05, 3.63) is 0 Å². The van der Waals surface area contributed by atoms with Gasteiger partial charge < -0.3 is 18.9 Å². The van der Waals surface area contributed by atoms with E-state index in [-0.39, 0.29) is 18.0 Å². The molecule has 98 valence electrons. The predicted molar refractivity (Wildman–Crippen MR) is 60.0 cm³/mol. The minimum Gasteiger partial charge on any atom is -0.376 e. The molecule has 2 heterocycles. The monoisotopic (exact) mass is 244 g/mol. The van der Waals surface area contributed by atoms with E-state index in [9.17, 15) is 4.79 Å². The summed E-state index contributed by atoms with van der Waals surface area (Å²) in [5.41, 5.74) is 0. The van der Waals surface area contributed by atoms with E-state index in [4.69, 9.17) is 18.9 Å². The lowest BCUT2D eigenvalue weighted by atomic mass is 10.1. The van der Waals surface area contributed by atoms with E-state index in [1.807, 2.05) is 0 Å². The van der Waals surface area contributed by atoms with Crippen LogP contribution in [-0.2, 0) is 23.7 Å². The SMILES string of the molecule is O=C(CC[C@@H]1COCCO1)C[C@@H]1COCCO1. The lowest BCUT2D eigenvalue weighted by molar-refractivity contribution is -0.131. The second-order valence-corrected chi connectivity index (χ2v) is 4.42. The molecule has 0 saturated carbocycles. The zero-order chi connectivity index (χ0) is 11.9. The molecular weight excluding hydrogens is 224 g/mol. The van der Waals surface area contributed by atoms with Crippen LogP contribution >= 0.6 is 0 Å². The molecule has 0 unspecified atom stereocenters. The smallest absolute Gasteiger partial charge is 0.135 e. The molecule has 17 heavy (non-hydrogen) atoms. The van der Waals surface area contributed by atoms with Crippen LogP contribution in [0.1, 0.15) is 19.3 Å². The predicted octanol–water partition coefficient (Wildman–Crippen LogP) is 0.557. The van der Waals surface area contributed by atoms with Crippen molar-refractivity contribution < 1.29 is 23.7 Å². The van der Waals surface area contributed by atoms with Crippen molar-refractivity contribution in [2.75, 3.05) is 39.6 Å². The summed E-state index contributed by atoms with van der Waals surface area (Å²) in [5, 5.41) is 0. The summed E-state index contributed by atoms with van der Waals surface area (Å²) in [5.74, 6) is 0.217. The first-order valence-corrected chi connectivity index (χ1v) is 6.25. The average Bonchev–Trinajstić information content (AvgIpc) is 2.39. The van der Waals surface area contributed by atoms with Gasteiger partial charge in [0.2, 0.25) is 0 Å². The molecule has 2 rings (SSSR count). The molecule has 2 aliphatic heterocycles. The summed E-state index contributed by atoms with van der Waals surface area (Å²) in [6, 6.07) is 0. The van der Waals surface area contributed by atoms with Gasteiger partial charge in [0.1, 0.15) is 5.78 Å². The van der Waals surface area contributed by atoms with Crippen molar-refractivity contribution in [3.63, 3.8) is 0 Å². The highest BCUT2D eigenvalue weighted by Gasteiger charge is 2.20. The highest BCUT2D eigenvalue weighted by atomic mass is 16.6. The number of carbonyl (C=O) groups is 1. The fourth-order valence-electron chi connectivity index (χ4n) is 2.04. The number of rotatable bonds is 5. The Morgan fingerprint density at radius 1 is 0.941 bits per heavy atom. The maximum absolute atomic E-state index is 11.7. The van der Waals surface area contributed by atoms with E-state index in [1.54, 1.807) is 0 Å². The van der Waals surface area contributed by atoms with Gasteiger partial charge >= 0.3 is 0 Å². The van der Waals surface area contributed by atoms with Crippen LogP contribution in [0.5, 0.6) is 0 Å². The van der Waals surface area contributed by atoms with Gasteiger partial charge in [0.25, 0.3) is 0 Å². The van der Waals surface area contributed by atoms with E-state index < -0.39 is 0 Å². The summed E-state index contributed by atoms with van der Waals surface area (Å²) < 4.78 is 21.5. The molecule has 0 N–H and O–H groups in total. The van der Waals surface area contributed by atoms with Gasteiger partial charge in [-0.3, -0.25) is 4.79 Å². The third kappa shape index (κ3) is 4.71. The second-order valence-electron chi connectivity index (χ2n) is 4.42. The number of carbonyl (C=O) groups excluding carboxylic acids is 1.